The standard InChI is InChI=1S/C20H25F5N2O3/c1-19(2,3)30-18(29)15-5-4-8-27(15)17(28)14(26)7-6-11-9-12(21)16(13(22)10-11)20(23,24)25/h9-10,14-15H,4-8,26H2,1-3H3/t14-,15-/m0/s1. The van der Waals surface area contributed by atoms with Crippen molar-refractivity contribution in [2.45, 2.75) is 70.3 Å². The number of nitrogens with two attached hydrogens (primary N) is 1. The highest BCUT2D eigenvalue weighted by Gasteiger charge is 2.39. The lowest BCUT2D eigenvalue weighted by molar-refractivity contribution is -0.163. The van der Waals surface area contributed by atoms with Crippen LogP contribution < -0.4 is 5.73 Å². The van der Waals surface area contributed by atoms with E-state index in [1.165, 1.54) is 4.90 Å². The Morgan fingerprint density at radius 1 is 1.20 bits per heavy atom. The van der Waals surface area contributed by atoms with Crippen molar-refractivity contribution >= 4 is 11.9 Å². The Morgan fingerprint density at radius 3 is 2.27 bits per heavy atom. The molecule has 2 atom stereocenters. The molecule has 10 heteroatoms. The predicted molar refractivity (Wildman–Crippen MR) is 98.2 cm³/mol. The fraction of sp³-hybridized carbons (Fsp3) is 0.600. The summed E-state index contributed by atoms with van der Waals surface area (Å²) in [5.74, 6) is -4.49. The van der Waals surface area contributed by atoms with Gasteiger partial charge in [0.15, 0.2) is 0 Å². The highest BCUT2D eigenvalue weighted by molar-refractivity contribution is 5.88. The summed E-state index contributed by atoms with van der Waals surface area (Å²) in [4.78, 5) is 26.3. The van der Waals surface area contributed by atoms with Crippen LogP contribution in [0.1, 0.15) is 51.2 Å². The third-order valence-electron chi connectivity index (χ3n) is 4.66. The molecule has 0 aliphatic carbocycles. The van der Waals surface area contributed by atoms with E-state index >= 15 is 0 Å². The molecule has 168 valence electrons. The molecule has 1 saturated heterocycles. The zero-order valence-electron chi connectivity index (χ0n) is 17.0. The topological polar surface area (TPSA) is 72.6 Å². The number of hydrogen-bond donors (Lipinski definition) is 1. The first-order valence-corrected chi connectivity index (χ1v) is 9.54. The number of nitrogens with zero attached hydrogens (tertiary/aromatic N) is 1. The van der Waals surface area contributed by atoms with Crippen molar-refractivity contribution in [2.24, 2.45) is 5.73 Å². The average molecular weight is 436 g/mol. The zero-order valence-corrected chi connectivity index (χ0v) is 17.0. The number of amides is 1. The van der Waals surface area contributed by atoms with E-state index in [9.17, 15) is 31.5 Å². The summed E-state index contributed by atoms with van der Waals surface area (Å²) in [6.07, 6.45) is -4.28. The third kappa shape index (κ3) is 5.90. The Hall–Kier alpha value is -2.23. The van der Waals surface area contributed by atoms with E-state index in [2.05, 4.69) is 0 Å². The molecule has 1 aromatic rings. The van der Waals surface area contributed by atoms with Crippen LogP contribution in [0.4, 0.5) is 22.0 Å². The first-order chi connectivity index (χ1) is 13.7. The van der Waals surface area contributed by atoms with Gasteiger partial charge in [-0.2, -0.15) is 13.2 Å². The normalized spacial score (nSPS) is 18.4. The Kier molecular flexibility index (Phi) is 7.11. The molecule has 2 rings (SSSR count). The lowest BCUT2D eigenvalue weighted by Crippen LogP contribution is -2.49. The van der Waals surface area contributed by atoms with Crippen LogP contribution in [0.3, 0.4) is 0 Å². The number of ether oxygens (including phenoxy) is 1. The van der Waals surface area contributed by atoms with E-state index in [0.717, 1.165) is 0 Å². The molecule has 2 N–H and O–H groups in total. The number of esters is 1. The van der Waals surface area contributed by atoms with Crippen LogP contribution in [0.25, 0.3) is 0 Å². The number of carbonyl (C=O) groups excluding carboxylic acids is 2. The van der Waals surface area contributed by atoms with Gasteiger partial charge in [-0.05, 0) is 64.2 Å². The van der Waals surface area contributed by atoms with Gasteiger partial charge >= 0.3 is 12.1 Å². The van der Waals surface area contributed by atoms with Crippen molar-refractivity contribution in [2.75, 3.05) is 6.54 Å². The molecule has 1 aromatic carbocycles. The molecular weight excluding hydrogens is 411 g/mol. The van der Waals surface area contributed by atoms with Gasteiger partial charge in [-0.1, -0.05) is 0 Å². The Morgan fingerprint density at radius 2 is 1.77 bits per heavy atom. The molecule has 0 saturated carbocycles. The van der Waals surface area contributed by atoms with Crippen molar-refractivity contribution < 1.29 is 36.3 Å². The van der Waals surface area contributed by atoms with Gasteiger partial charge in [-0.25, -0.2) is 13.6 Å². The second kappa shape index (κ2) is 8.87. The van der Waals surface area contributed by atoms with Gasteiger partial charge < -0.3 is 15.4 Å². The van der Waals surface area contributed by atoms with Crippen LogP contribution in [0.15, 0.2) is 12.1 Å². The van der Waals surface area contributed by atoms with Gasteiger partial charge in [-0.3, -0.25) is 4.79 Å². The summed E-state index contributed by atoms with van der Waals surface area (Å²) < 4.78 is 70.7. The molecule has 0 spiro atoms. The number of aryl methyl sites for hydroxylation is 1. The van der Waals surface area contributed by atoms with Crippen LogP contribution in [0, 0.1) is 11.6 Å². The molecule has 0 radical (unpaired) electrons. The average Bonchev–Trinajstić information content (AvgIpc) is 3.05. The largest absolute Gasteiger partial charge is 0.458 e. The molecule has 30 heavy (non-hydrogen) atoms. The molecule has 1 aliphatic rings. The monoisotopic (exact) mass is 436 g/mol. The number of benzene rings is 1. The van der Waals surface area contributed by atoms with Crippen LogP contribution in [0.2, 0.25) is 0 Å². The van der Waals surface area contributed by atoms with Crippen molar-refractivity contribution in [1.29, 1.82) is 0 Å². The maximum absolute atomic E-state index is 13.7. The zero-order chi connectivity index (χ0) is 22.9. The molecule has 1 heterocycles. The van der Waals surface area contributed by atoms with Crippen molar-refractivity contribution in [3.05, 3.63) is 34.9 Å². The molecule has 1 fully saturated rings. The summed E-state index contributed by atoms with van der Waals surface area (Å²) in [6.45, 7) is 5.44. The van der Waals surface area contributed by atoms with Crippen molar-refractivity contribution in [3.8, 4) is 0 Å². The smallest absolute Gasteiger partial charge is 0.422 e. The number of alkyl halides is 3. The molecule has 1 amide bonds. The first kappa shape index (κ1) is 24.0. The predicted octanol–water partition coefficient (Wildman–Crippen LogP) is 3.58. The van der Waals surface area contributed by atoms with Crippen molar-refractivity contribution in [1.82, 2.24) is 4.90 Å². The van der Waals surface area contributed by atoms with Gasteiger partial charge in [0.25, 0.3) is 0 Å². The second-order valence-electron chi connectivity index (χ2n) is 8.30. The lowest BCUT2D eigenvalue weighted by Gasteiger charge is -2.29. The second-order valence-corrected chi connectivity index (χ2v) is 8.30. The molecule has 0 aromatic heterocycles. The van der Waals surface area contributed by atoms with E-state index in [0.29, 0.717) is 31.5 Å². The quantitative estimate of drug-likeness (QED) is 0.566. The summed E-state index contributed by atoms with van der Waals surface area (Å²) >= 11 is 0. The molecule has 5 nitrogen and oxygen atoms in total. The van der Waals surface area contributed by atoms with E-state index in [4.69, 9.17) is 10.5 Å². The first-order valence-electron chi connectivity index (χ1n) is 9.54. The van der Waals surface area contributed by atoms with Gasteiger partial charge in [0.05, 0.1) is 6.04 Å². The minimum atomic E-state index is -5.15. The number of rotatable bonds is 5. The summed E-state index contributed by atoms with van der Waals surface area (Å²) in [6, 6.07) is -0.671. The Balaban J connectivity index is 2.03. The molecule has 0 unspecified atom stereocenters. The van der Waals surface area contributed by atoms with E-state index in [-0.39, 0.29) is 18.4 Å². The van der Waals surface area contributed by atoms with Crippen molar-refractivity contribution in [3.63, 3.8) is 0 Å². The van der Waals surface area contributed by atoms with Crippen LogP contribution in [-0.4, -0.2) is 41.0 Å². The van der Waals surface area contributed by atoms with Crippen LogP contribution >= 0.6 is 0 Å². The molecule has 0 bridgehead atoms. The Bertz CT molecular complexity index is 782. The van der Waals surface area contributed by atoms with Gasteiger partial charge in [0.1, 0.15) is 28.8 Å². The number of hydrogen-bond acceptors (Lipinski definition) is 4. The fourth-order valence-corrected chi connectivity index (χ4v) is 3.34. The maximum Gasteiger partial charge on any atom is 0.422 e. The van der Waals surface area contributed by atoms with E-state index in [1.807, 2.05) is 0 Å². The highest BCUT2D eigenvalue weighted by atomic mass is 19.4. The number of carbonyl (C=O) groups is 2. The SMILES string of the molecule is CC(C)(C)OC(=O)[C@@H]1CCCN1C(=O)[C@@H](N)CCc1cc(F)c(C(F)(F)F)c(F)c1. The number of likely N-dealkylation sites (tertiary alicyclic amines) is 1. The number of halogens is 5. The van der Waals surface area contributed by atoms with E-state index in [1.54, 1.807) is 20.8 Å². The lowest BCUT2D eigenvalue weighted by atomic mass is 10.0. The van der Waals surface area contributed by atoms with Gasteiger partial charge in [0, 0.05) is 6.54 Å². The maximum atomic E-state index is 13.7. The van der Waals surface area contributed by atoms with E-state index < -0.39 is 52.9 Å². The highest BCUT2D eigenvalue weighted by Crippen LogP contribution is 2.34. The van der Waals surface area contributed by atoms with Gasteiger partial charge in [-0.15, -0.1) is 0 Å². The molecule has 1 aliphatic heterocycles. The third-order valence-corrected chi connectivity index (χ3v) is 4.66. The van der Waals surface area contributed by atoms with Gasteiger partial charge in [0.2, 0.25) is 5.91 Å². The summed E-state index contributed by atoms with van der Waals surface area (Å²) in [7, 11) is 0. The minimum absolute atomic E-state index is 0.0497. The molecular formula is C20H25F5N2O3. The summed E-state index contributed by atoms with van der Waals surface area (Å²) in [5, 5.41) is 0. The summed E-state index contributed by atoms with van der Waals surface area (Å²) in [5.41, 5.74) is 3.18. The van der Waals surface area contributed by atoms with Crippen LogP contribution in [0.5, 0.6) is 0 Å². The fourth-order valence-electron chi connectivity index (χ4n) is 3.34. The Labute approximate surface area is 171 Å². The van der Waals surface area contributed by atoms with Crippen LogP contribution in [-0.2, 0) is 26.9 Å². The minimum Gasteiger partial charge on any atom is -0.458 e.